The zero-order chi connectivity index (χ0) is 34.1. The van der Waals surface area contributed by atoms with Crippen LogP contribution in [0.1, 0.15) is 75.8 Å². The molecule has 0 aliphatic carbocycles. The lowest BCUT2D eigenvalue weighted by Gasteiger charge is -2.37. The molecule has 1 saturated heterocycles. The van der Waals surface area contributed by atoms with Crippen LogP contribution >= 0.6 is 11.3 Å². The number of esters is 1. The summed E-state index contributed by atoms with van der Waals surface area (Å²) >= 11 is 1.59. The Balaban J connectivity index is 1.28. The first kappa shape index (κ1) is 34.7. The number of aryl methyl sites for hydroxylation is 1. The van der Waals surface area contributed by atoms with E-state index in [9.17, 15) is 9.59 Å². The summed E-state index contributed by atoms with van der Waals surface area (Å²) in [6.45, 7) is 18.4. The average Bonchev–Trinajstić information content (AvgIpc) is 3.49. The Morgan fingerprint density at radius 1 is 1.00 bits per heavy atom. The van der Waals surface area contributed by atoms with Crippen molar-refractivity contribution in [1.29, 1.82) is 0 Å². The molecule has 2 aliphatic rings. The number of para-hydroxylation sites is 1. The van der Waals surface area contributed by atoms with Gasteiger partial charge in [-0.2, -0.15) is 0 Å². The SMILES string of the molecule is CO[C@H]1CN(c2nc(-c3cccc(C)c3OCc3ccc4c(c3C)CCN(C(=O)OC(C)(C)C)C4)cs2)CC[C@H]1C(=O)OC(C)(C)C. The number of ether oxygens (including phenoxy) is 4. The number of nitrogens with zero attached hydrogens (tertiary/aromatic N) is 3. The maximum Gasteiger partial charge on any atom is 0.410 e. The summed E-state index contributed by atoms with van der Waals surface area (Å²) in [7, 11) is 1.65. The zero-order valence-corrected chi connectivity index (χ0v) is 30.1. The van der Waals surface area contributed by atoms with Crippen LogP contribution in [0.5, 0.6) is 5.75 Å². The van der Waals surface area contributed by atoms with Crippen molar-refractivity contribution in [3.8, 4) is 17.0 Å². The summed E-state index contributed by atoms with van der Waals surface area (Å²) in [4.78, 5) is 34.5. The second-order valence-corrected chi connectivity index (χ2v) is 15.4. The van der Waals surface area contributed by atoms with Crippen LogP contribution in [0.4, 0.5) is 9.93 Å². The molecule has 0 saturated carbocycles. The van der Waals surface area contributed by atoms with E-state index in [-0.39, 0.29) is 24.1 Å². The smallest absolute Gasteiger partial charge is 0.410 e. The Morgan fingerprint density at radius 2 is 1.74 bits per heavy atom. The first-order chi connectivity index (χ1) is 22.1. The number of amides is 1. The van der Waals surface area contributed by atoms with Gasteiger partial charge in [0.15, 0.2) is 5.13 Å². The minimum Gasteiger partial charge on any atom is -0.488 e. The highest BCUT2D eigenvalue weighted by Crippen LogP contribution is 2.38. The highest BCUT2D eigenvalue weighted by Gasteiger charge is 2.38. The minimum absolute atomic E-state index is 0.206. The number of aromatic nitrogens is 1. The number of piperidine rings is 1. The Bertz CT molecular complexity index is 1600. The van der Waals surface area contributed by atoms with E-state index in [4.69, 9.17) is 23.9 Å². The summed E-state index contributed by atoms with van der Waals surface area (Å²) in [6.07, 6.45) is 0.878. The van der Waals surface area contributed by atoms with Gasteiger partial charge in [0.25, 0.3) is 0 Å². The van der Waals surface area contributed by atoms with Gasteiger partial charge >= 0.3 is 12.1 Å². The largest absolute Gasteiger partial charge is 0.488 e. The first-order valence-electron chi connectivity index (χ1n) is 16.4. The van der Waals surface area contributed by atoms with E-state index in [1.807, 2.05) is 47.6 Å². The third-order valence-electron chi connectivity index (χ3n) is 8.65. The molecular formula is C37H49N3O6S. The van der Waals surface area contributed by atoms with Gasteiger partial charge in [-0.15, -0.1) is 11.3 Å². The van der Waals surface area contributed by atoms with Gasteiger partial charge in [-0.05, 0) is 102 Å². The molecule has 0 bridgehead atoms. The second-order valence-electron chi connectivity index (χ2n) is 14.5. The molecule has 9 nitrogen and oxygen atoms in total. The third kappa shape index (κ3) is 8.27. The number of fused-ring (bicyclic) bond motifs is 1. The van der Waals surface area contributed by atoms with Gasteiger partial charge in [0.05, 0.1) is 17.7 Å². The standard InChI is InChI=1S/C37H49N3O6S/c1-23-11-10-12-28(30-22-47-34(38-30)39-17-16-29(31(20-39)43-9)33(41)45-36(3,4)5)32(23)44-21-26-14-13-25-19-40(18-15-27(25)24(26)2)35(42)46-37(6,7)8/h10-14,22,29,31H,15-21H2,1-9H3/t29-,31+/m1/s1. The monoisotopic (exact) mass is 663 g/mol. The number of hydrogen-bond donors (Lipinski definition) is 0. The van der Waals surface area contributed by atoms with Crippen molar-refractivity contribution < 1.29 is 28.5 Å². The Labute approximate surface area is 283 Å². The van der Waals surface area contributed by atoms with Gasteiger partial charge in [-0.25, -0.2) is 9.78 Å². The van der Waals surface area contributed by atoms with Crippen molar-refractivity contribution in [2.45, 2.75) is 98.7 Å². The lowest BCUT2D eigenvalue weighted by molar-refractivity contribution is -0.165. The van der Waals surface area contributed by atoms with Crippen LogP contribution in [0.15, 0.2) is 35.7 Å². The maximum atomic E-state index is 12.9. The van der Waals surface area contributed by atoms with E-state index in [1.54, 1.807) is 23.3 Å². The number of carbonyl (C=O) groups is 2. The number of benzene rings is 2. The molecule has 0 radical (unpaired) electrons. The summed E-state index contributed by atoms with van der Waals surface area (Å²) in [5.74, 6) is 0.306. The van der Waals surface area contributed by atoms with E-state index in [0.29, 0.717) is 39.2 Å². The fraction of sp³-hybridized carbons (Fsp3) is 0.541. The lowest BCUT2D eigenvalue weighted by Crippen LogP contribution is -2.49. The van der Waals surface area contributed by atoms with E-state index in [0.717, 1.165) is 45.2 Å². The lowest BCUT2D eigenvalue weighted by atomic mass is 9.92. The highest BCUT2D eigenvalue weighted by molar-refractivity contribution is 7.14. The average molecular weight is 664 g/mol. The molecule has 0 unspecified atom stereocenters. The molecule has 0 spiro atoms. The van der Waals surface area contributed by atoms with Crippen LogP contribution < -0.4 is 9.64 Å². The molecule has 5 rings (SSSR count). The highest BCUT2D eigenvalue weighted by atomic mass is 32.1. The Morgan fingerprint density at radius 3 is 2.45 bits per heavy atom. The van der Waals surface area contributed by atoms with Crippen LogP contribution in [0.2, 0.25) is 0 Å². The number of carbonyl (C=O) groups excluding carboxylic acids is 2. The van der Waals surface area contributed by atoms with Crippen molar-refractivity contribution in [3.63, 3.8) is 0 Å². The van der Waals surface area contributed by atoms with E-state index < -0.39 is 11.2 Å². The van der Waals surface area contributed by atoms with E-state index >= 15 is 0 Å². The molecule has 2 aliphatic heterocycles. The molecular weight excluding hydrogens is 614 g/mol. The van der Waals surface area contributed by atoms with Gasteiger partial charge in [0.1, 0.15) is 23.6 Å². The van der Waals surface area contributed by atoms with Crippen LogP contribution in [0, 0.1) is 19.8 Å². The molecule has 2 aromatic carbocycles. The fourth-order valence-electron chi connectivity index (χ4n) is 6.23. The molecule has 47 heavy (non-hydrogen) atoms. The van der Waals surface area contributed by atoms with Crippen LogP contribution in [0.3, 0.4) is 0 Å². The Kier molecular flexibility index (Phi) is 10.2. The number of anilines is 1. The van der Waals surface area contributed by atoms with Crippen molar-refractivity contribution in [3.05, 3.63) is 63.5 Å². The molecule has 10 heteroatoms. The van der Waals surface area contributed by atoms with Gasteiger partial charge in [-0.1, -0.05) is 24.3 Å². The summed E-state index contributed by atoms with van der Waals surface area (Å²) in [5.41, 5.74) is 6.56. The maximum absolute atomic E-state index is 12.9. The van der Waals surface area contributed by atoms with Gasteiger partial charge in [0.2, 0.25) is 0 Å². The van der Waals surface area contributed by atoms with Crippen molar-refractivity contribution in [1.82, 2.24) is 9.88 Å². The minimum atomic E-state index is -0.534. The molecule has 1 amide bonds. The van der Waals surface area contributed by atoms with E-state index in [1.165, 1.54) is 11.1 Å². The van der Waals surface area contributed by atoms with Crippen LogP contribution in [-0.2, 0) is 38.6 Å². The van der Waals surface area contributed by atoms with Crippen LogP contribution in [0.25, 0.3) is 11.3 Å². The first-order valence-corrected chi connectivity index (χ1v) is 17.3. The molecule has 2 atom stereocenters. The fourth-order valence-corrected chi connectivity index (χ4v) is 7.10. The Hall–Kier alpha value is -3.63. The molecule has 1 aromatic heterocycles. The quantitative estimate of drug-likeness (QED) is 0.241. The predicted octanol–water partition coefficient (Wildman–Crippen LogP) is 7.48. The van der Waals surface area contributed by atoms with Crippen LogP contribution in [-0.4, -0.2) is 66.0 Å². The number of thiazole rings is 1. The number of methoxy groups -OCH3 is 1. The van der Waals surface area contributed by atoms with Crippen molar-refractivity contribution >= 4 is 28.5 Å². The molecule has 0 N–H and O–H groups in total. The van der Waals surface area contributed by atoms with E-state index in [2.05, 4.69) is 48.4 Å². The topological polar surface area (TPSA) is 90.4 Å². The summed E-state index contributed by atoms with van der Waals surface area (Å²) < 4.78 is 23.6. The molecule has 3 aromatic rings. The van der Waals surface area contributed by atoms with Crippen molar-refractivity contribution in [2.24, 2.45) is 5.92 Å². The van der Waals surface area contributed by atoms with Gasteiger partial charge in [0, 0.05) is 44.2 Å². The second kappa shape index (κ2) is 13.8. The predicted molar refractivity (Wildman–Crippen MR) is 185 cm³/mol. The number of hydrogen-bond acceptors (Lipinski definition) is 9. The molecule has 254 valence electrons. The van der Waals surface area contributed by atoms with Gasteiger partial charge in [-0.3, -0.25) is 4.79 Å². The number of rotatable bonds is 7. The van der Waals surface area contributed by atoms with Gasteiger partial charge < -0.3 is 28.7 Å². The summed E-state index contributed by atoms with van der Waals surface area (Å²) in [5, 5.41) is 2.96. The third-order valence-corrected chi connectivity index (χ3v) is 9.55. The van der Waals surface area contributed by atoms with Crippen molar-refractivity contribution in [2.75, 3.05) is 31.6 Å². The zero-order valence-electron chi connectivity index (χ0n) is 29.3. The summed E-state index contributed by atoms with van der Waals surface area (Å²) in [6, 6.07) is 10.4. The molecule has 3 heterocycles. The molecule has 1 fully saturated rings. The normalized spacial score (nSPS) is 18.5.